The van der Waals surface area contributed by atoms with Gasteiger partial charge in [0.05, 0.1) is 0 Å². The normalized spacial score (nSPS) is 27.9. The second-order valence-corrected chi connectivity index (χ2v) is 5.80. The predicted octanol–water partition coefficient (Wildman–Crippen LogP) is 1.51. The zero-order valence-corrected chi connectivity index (χ0v) is 11.5. The summed E-state index contributed by atoms with van der Waals surface area (Å²) in [5, 5.41) is 12.3. The minimum atomic E-state index is -0.402. The van der Waals surface area contributed by atoms with Gasteiger partial charge in [0, 0.05) is 19.6 Å². The lowest BCUT2D eigenvalue weighted by molar-refractivity contribution is -0.127. The van der Waals surface area contributed by atoms with E-state index in [2.05, 4.69) is 5.32 Å². The number of fused-ring (bicyclic) bond motifs is 1. The third-order valence-corrected chi connectivity index (χ3v) is 4.53. The Morgan fingerprint density at radius 1 is 1.30 bits per heavy atom. The molecular formula is C16H21NO3. The van der Waals surface area contributed by atoms with Gasteiger partial charge in [-0.15, -0.1) is 0 Å². The van der Waals surface area contributed by atoms with Crippen molar-refractivity contribution in [3.63, 3.8) is 0 Å². The number of carbonyl (C=O) groups excluding carboxylic acids is 1. The fourth-order valence-electron chi connectivity index (χ4n) is 3.30. The molecule has 108 valence electrons. The first-order chi connectivity index (χ1) is 9.78. The van der Waals surface area contributed by atoms with E-state index in [0.29, 0.717) is 24.8 Å². The van der Waals surface area contributed by atoms with Crippen LogP contribution in [0.15, 0.2) is 24.3 Å². The SMILES string of the molecule is O=C(NCC1CCCC1CO)C1Cc2ccccc2O1. The minimum Gasteiger partial charge on any atom is -0.480 e. The Balaban J connectivity index is 1.51. The second kappa shape index (κ2) is 5.83. The Bertz CT molecular complexity index is 463. The highest BCUT2D eigenvalue weighted by molar-refractivity contribution is 5.82. The van der Waals surface area contributed by atoms with Crippen LogP contribution in [0.2, 0.25) is 0 Å². The third kappa shape index (κ3) is 2.66. The molecule has 1 saturated carbocycles. The zero-order valence-electron chi connectivity index (χ0n) is 11.5. The Morgan fingerprint density at radius 2 is 2.10 bits per heavy atom. The maximum absolute atomic E-state index is 12.2. The summed E-state index contributed by atoms with van der Waals surface area (Å²) in [5.41, 5.74) is 1.10. The lowest BCUT2D eigenvalue weighted by atomic mass is 9.97. The first-order valence-corrected chi connectivity index (χ1v) is 7.41. The molecule has 1 fully saturated rings. The Hall–Kier alpha value is -1.55. The summed E-state index contributed by atoms with van der Waals surface area (Å²) in [5.74, 6) is 1.54. The minimum absolute atomic E-state index is 0.0372. The first-order valence-electron chi connectivity index (χ1n) is 7.41. The molecule has 3 rings (SSSR count). The van der Waals surface area contributed by atoms with E-state index in [1.54, 1.807) is 0 Å². The van der Waals surface area contributed by atoms with Gasteiger partial charge in [-0.25, -0.2) is 0 Å². The van der Waals surface area contributed by atoms with E-state index in [0.717, 1.165) is 30.6 Å². The monoisotopic (exact) mass is 275 g/mol. The molecule has 0 bridgehead atoms. The maximum Gasteiger partial charge on any atom is 0.261 e. The smallest absolute Gasteiger partial charge is 0.261 e. The molecule has 1 aromatic carbocycles. The topological polar surface area (TPSA) is 58.6 Å². The van der Waals surface area contributed by atoms with E-state index in [-0.39, 0.29) is 12.5 Å². The molecule has 1 aromatic rings. The number of hydrogen-bond donors (Lipinski definition) is 2. The molecule has 0 saturated heterocycles. The molecule has 0 spiro atoms. The summed E-state index contributed by atoms with van der Waals surface area (Å²) in [4.78, 5) is 12.2. The fraction of sp³-hybridized carbons (Fsp3) is 0.562. The van der Waals surface area contributed by atoms with Crippen LogP contribution in [-0.4, -0.2) is 30.3 Å². The van der Waals surface area contributed by atoms with Crippen LogP contribution in [0.25, 0.3) is 0 Å². The van der Waals surface area contributed by atoms with Gasteiger partial charge in [0.2, 0.25) is 0 Å². The van der Waals surface area contributed by atoms with E-state index in [4.69, 9.17) is 4.74 Å². The molecule has 1 aliphatic carbocycles. The summed E-state index contributed by atoms with van der Waals surface area (Å²) in [7, 11) is 0. The van der Waals surface area contributed by atoms with Crippen molar-refractivity contribution in [3.05, 3.63) is 29.8 Å². The molecule has 0 aromatic heterocycles. The Morgan fingerprint density at radius 3 is 2.90 bits per heavy atom. The van der Waals surface area contributed by atoms with Crippen LogP contribution in [0.5, 0.6) is 5.75 Å². The van der Waals surface area contributed by atoms with E-state index < -0.39 is 6.10 Å². The van der Waals surface area contributed by atoms with E-state index in [9.17, 15) is 9.90 Å². The molecule has 1 amide bonds. The van der Waals surface area contributed by atoms with Crippen molar-refractivity contribution in [3.8, 4) is 5.75 Å². The van der Waals surface area contributed by atoms with Gasteiger partial charge in [0.1, 0.15) is 5.75 Å². The van der Waals surface area contributed by atoms with Gasteiger partial charge in [-0.2, -0.15) is 0 Å². The van der Waals surface area contributed by atoms with Crippen molar-refractivity contribution >= 4 is 5.91 Å². The molecule has 4 nitrogen and oxygen atoms in total. The summed E-state index contributed by atoms with van der Waals surface area (Å²) >= 11 is 0. The van der Waals surface area contributed by atoms with Crippen LogP contribution >= 0.6 is 0 Å². The number of benzene rings is 1. The van der Waals surface area contributed by atoms with Crippen LogP contribution in [0, 0.1) is 11.8 Å². The van der Waals surface area contributed by atoms with Gasteiger partial charge in [-0.1, -0.05) is 24.6 Å². The van der Waals surface area contributed by atoms with Crippen LogP contribution in [0.4, 0.5) is 0 Å². The number of aliphatic hydroxyl groups is 1. The van der Waals surface area contributed by atoms with Crippen LogP contribution < -0.4 is 10.1 Å². The highest BCUT2D eigenvalue weighted by Gasteiger charge is 2.31. The van der Waals surface area contributed by atoms with Gasteiger partial charge in [-0.05, 0) is 36.3 Å². The molecule has 4 heteroatoms. The zero-order chi connectivity index (χ0) is 13.9. The molecule has 0 radical (unpaired) electrons. The van der Waals surface area contributed by atoms with Crippen molar-refractivity contribution in [2.75, 3.05) is 13.2 Å². The van der Waals surface area contributed by atoms with E-state index >= 15 is 0 Å². The lowest BCUT2D eigenvalue weighted by Crippen LogP contribution is -2.40. The summed E-state index contributed by atoms with van der Waals surface area (Å²) < 4.78 is 5.68. The summed E-state index contributed by atoms with van der Waals surface area (Å²) in [6.07, 6.45) is 3.56. The molecule has 1 heterocycles. The number of aliphatic hydroxyl groups excluding tert-OH is 1. The molecule has 2 aliphatic rings. The van der Waals surface area contributed by atoms with Crippen molar-refractivity contribution in [1.29, 1.82) is 0 Å². The predicted molar refractivity (Wildman–Crippen MR) is 75.5 cm³/mol. The number of amides is 1. The summed E-state index contributed by atoms with van der Waals surface area (Å²) in [6, 6.07) is 7.79. The average molecular weight is 275 g/mol. The Labute approximate surface area is 119 Å². The van der Waals surface area contributed by atoms with Gasteiger partial charge in [0.25, 0.3) is 5.91 Å². The van der Waals surface area contributed by atoms with E-state index in [1.807, 2.05) is 24.3 Å². The van der Waals surface area contributed by atoms with E-state index in [1.165, 1.54) is 0 Å². The van der Waals surface area contributed by atoms with Gasteiger partial charge in [0.15, 0.2) is 6.10 Å². The van der Waals surface area contributed by atoms with Gasteiger partial charge in [-0.3, -0.25) is 4.79 Å². The number of para-hydroxylation sites is 1. The average Bonchev–Trinajstić information content (AvgIpc) is 3.10. The quantitative estimate of drug-likeness (QED) is 0.876. The van der Waals surface area contributed by atoms with Crippen molar-refractivity contribution in [2.24, 2.45) is 11.8 Å². The highest BCUT2D eigenvalue weighted by atomic mass is 16.5. The molecule has 2 N–H and O–H groups in total. The van der Waals surface area contributed by atoms with Gasteiger partial charge >= 0.3 is 0 Å². The van der Waals surface area contributed by atoms with Crippen molar-refractivity contribution in [1.82, 2.24) is 5.32 Å². The molecule has 3 unspecified atom stereocenters. The lowest BCUT2D eigenvalue weighted by Gasteiger charge is -2.19. The van der Waals surface area contributed by atoms with Crippen molar-refractivity contribution < 1.29 is 14.6 Å². The van der Waals surface area contributed by atoms with Crippen molar-refractivity contribution in [2.45, 2.75) is 31.8 Å². The number of carbonyl (C=O) groups is 1. The largest absolute Gasteiger partial charge is 0.480 e. The number of ether oxygens (including phenoxy) is 1. The molecule has 1 aliphatic heterocycles. The molecule has 3 atom stereocenters. The molecular weight excluding hydrogens is 254 g/mol. The first kappa shape index (κ1) is 13.4. The Kier molecular flexibility index (Phi) is 3.92. The number of rotatable bonds is 4. The fourth-order valence-corrected chi connectivity index (χ4v) is 3.30. The standard InChI is InChI=1S/C16H21NO3/c18-10-13-6-3-5-12(13)9-17-16(19)15-8-11-4-1-2-7-14(11)20-15/h1-2,4,7,12-13,15,18H,3,5-6,8-10H2,(H,17,19). The van der Waals surface area contributed by atoms with Crippen LogP contribution in [-0.2, 0) is 11.2 Å². The maximum atomic E-state index is 12.2. The van der Waals surface area contributed by atoms with Gasteiger partial charge < -0.3 is 15.2 Å². The highest BCUT2D eigenvalue weighted by Crippen LogP contribution is 2.31. The number of nitrogens with one attached hydrogen (secondary N) is 1. The van der Waals surface area contributed by atoms with Crippen LogP contribution in [0.1, 0.15) is 24.8 Å². The summed E-state index contributed by atoms with van der Waals surface area (Å²) in [6.45, 7) is 0.881. The van der Waals surface area contributed by atoms with Crippen LogP contribution in [0.3, 0.4) is 0 Å². The number of hydrogen-bond acceptors (Lipinski definition) is 3. The molecule has 20 heavy (non-hydrogen) atoms. The third-order valence-electron chi connectivity index (χ3n) is 4.53. The second-order valence-electron chi connectivity index (χ2n) is 5.80.